The number of carbonyl (C=O) groups is 2. The third kappa shape index (κ3) is 5.16. The van der Waals surface area contributed by atoms with Gasteiger partial charge in [-0.1, -0.05) is 36.4 Å². The summed E-state index contributed by atoms with van der Waals surface area (Å²) in [7, 11) is 0. The second-order valence-corrected chi connectivity index (χ2v) is 6.23. The highest BCUT2D eigenvalue weighted by molar-refractivity contribution is 6.04. The first-order valence-corrected chi connectivity index (χ1v) is 8.83. The van der Waals surface area contributed by atoms with E-state index in [0.29, 0.717) is 11.5 Å². The van der Waals surface area contributed by atoms with Crippen LogP contribution >= 0.6 is 0 Å². The van der Waals surface area contributed by atoms with Gasteiger partial charge in [-0.05, 0) is 48.9 Å². The molecule has 3 rings (SSSR count). The number of ether oxygens (including phenoxy) is 1. The Labute approximate surface area is 166 Å². The fraction of sp³-hybridized carbons (Fsp3) is 0.0909. The topological polar surface area (TPSA) is 67.4 Å². The second-order valence-electron chi connectivity index (χ2n) is 6.23. The van der Waals surface area contributed by atoms with Crippen molar-refractivity contribution in [2.75, 3.05) is 0 Å². The summed E-state index contributed by atoms with van der Waals surface area (Å²) in [6, 6.07) is 18.0. The van der Waals surface area contributed by atoms with Gasteiger partial charge in [0.25, 0.3) is 5.91 Å². The zero-order valence-electron chi connectivity index (χ0n) is 15.5. The second kappa shape index (κ2) is 8.97. The molecule has 0 spiro atoms. The third-order valence-electron chi connectivity index (χ3n) is 4.12. The van der Waals surface area contributed by atoms with Crippen molar-refractivity contribution >= 4 is 11.9 Å². The molecule has 0 bridgehead atoms. The Balaban J connectivity index is 1.58. The molecule has 3 aromatic rings. The zero-order chi connectivity index (χ0) is 20.8. The molecule has 3 aromatic carbocycles. The highest BCUT2D eigenvalue weighted by Gasteiger charge is 2.20. The first-order chi connectivity index (χ1) is 13.9. The van der Waals surface area contributed by atoms with Crippen LogP contribution in [0.2, 0.25) is 0 Å². The van der Waals surface area contributed by atoms with Crippen LogP contribution in [-0.4, -0.2) is 11.9 Å². The molecule has 1 unspecified atom stereocenters. The van der Waals surface area contributed by atoms with Crippen molar-refractivity contribution in [3.63, 3.8) is 0 Å². The Kier molecular flexibility index (Phi) is 6.19. The van der Waals surface area contributed by atoms with E-state index in [0.717, 1.165) is 23.8 Å². The predicted molar refractivity (Wildman–Crippen MR) is 104 cm³/mol. The van der Waals surface area contributed by atoms with Gasteiger partial charge in [0.05, 0.1) is 6.04 Å². The number of hydrogen-bond donors (Lipinski definition) is 2. The summed E-state index contributed by atoms with van der Waals surface area (Å²) in [5.74, 6) is -1.92. The number of nitrogens with one attached hydrogen (secondary N) is 2. The smallest absolute Gasteiger partial charge is 0.322 e. The van der Waals surface area contributed by atoms with Crippen LogP contribution in [0.5, 0.6) is 11.5 Å². The number of carbonyl (C=O) groups excluding carboxylic acids is 2. The van der Waals surface area contributed by atoms with Gasteiger partial charge in [-0.15, -0.1) is 0 Å². The van der Waals surface area contributed by atoms with Crippen LogP contribution in [0, 0.1) is 11.6 Å². The number of rotatable bonds is 5. The molecule has 0 aliphatic heterocycles. The predicted octanol–water partition coefficient (Wildman–Crippen LogP) is 4.96. The van der Waals surface area contributed by atoms with Crippen molar-refractivity contribution in [1.82, 2.24) is 10.6 Å². The number of imide groups is 1. The van der Waals surface area contributed by atoms with E-state index in [1.54, 1.807) is 31.2 Å². The minimum atomic E-state index is -1.16. The normalized spacial score (nSPS) is 11.4. The zero-order valence-corrected chi connectivity index (χ0v) is 15.5. The van der Waals surface area contributed by atoms with E-state index < -0.39 is 35.2 Å². The first kappa shape index (κ1) is 20.0. The summed E-state index contributed by atoms with van der Waals surface area (Å²) in [6.45, 7) is 1.71. The summed E-state index contributed by atoms with van der Waals surface area (Å²) in [5, 5.41) is 4.48. The molecule has 0 heterocycles. The Morgan fingerprint density at radius 3 is 2.03 bits per heavy atom. The number of benzene rings is 3. The van der Waals surface area contributed by atoms with Gasteiger partial charge in [0.2, 0.25) is 0 Å². The molecule has 7 heteroatoms. The van der Waals surface area contributed by atoms with Crippen LogP contribution < -0.4 is 15.4 Å². The molecular weight excluding hydrogens is 378 g/mol. The van der Waals surface area contributed by atoms with Gasteiger partial charge < -0.3 is 10.1 Å². The molecule has 29 heavy (non-hydrogen) atoms. The van der Waals surface area contributed by atoms with E-state index in [1.807, 2.05) is 35.6 Å². The molecule has 3 amide bonds. The average Bonchev–Trinajstić information content (AvgIpc) is 2.69. The van der Waals surface area contributed by atoms with Crippen molar-refractivity contribution in [2.24, 2.45) is 0 Å². The largest absolute Gasteiger partial charge is 0.457 e. The molecule has 0 fully saturated rings. The van der Waals surface area contributed by atoms with Gasteiger partial charge in [-0.25, -0.2) is 13.6 Å². The molecule has 0 aromatic heterocycles. The van der Waals surface area contributed by atoms with Crippen LogP contribution in [0.4, 0.5) is 13.6 Å². The van der Waals surface area contributed by atoms with Crippen molar-refractivity contribution in [1.29, 1.82) is 0 Å². The van der Waals surface area contributed by atoms with Crippen molar-refractivity contribution < 1.29 is 23.1 Å². The van der Waals surface area contributed by atoms with E-state index in [4.69, 9.17) is 4.74 Å². The van der Waals surface area contributed by atoms with Crippen LogP contribution in [0.25, 0.3) is 0 Å². The maximum atomic E-state index is 13.6. The maximum absolute atomic E-state index is 13.6. The minimum Gasteiger partial charge on any atom is -0.457 e. The lowest BCUT2D eigenvalue weighted by Gasteiger charge is -2.15. The number of halogens is 2. The summed E-state index contributed by atoms with van der Waals surface area (Å²) in [6.07, 6.45) is 0. The number of urea groups is 1. The quantitative estimate of drug-likeness (QED) is 0.641. The SMILES string of the molecule is CC(NC(=O)NC(=O)c1c(F)cccc1F)c1ccc(Oc2ccccc2)cc1. The number of hydrogen-bond acceptors (Lipinski definition) is 3. The van der Waals surface area contributed by atoms with Crippen molar-refractivity contribution in [3.05, 3.63) is 95.6 Å². The van der Waals surface area contributed by atoms with E-state index >= 15 is 0 Å². The van der Waals surface area contributed by atoms with E-state index in [9.17, 15) is 18.4 Å². The highest BCUT2D eigenvalue weighted by Crippen LogP contribution is 2.23. The molecule has 148 valence electrons. The molecule has 0 aliphatic carbocycles. The Bertz CT molecular complexity index is 988. The Morgan fingerprint density at radius 2 is 1.41 bits per heavy atom. The summed E-state index contributed by atoms with van der Waals surface area (Å²) in [5.41, 5.74) is -0.0530. The summed E-state index contributed by atoms with van der Waals surface area (Å²) >= 11 is 0. The maximum Gasteiger partial charge on any atom is 0.322 e. The molecule has 0 saturated carbocycles. The first-order valence-electron chi connectivity index (χ1n) is 8.83. The Hall–Kier alpha value is -3.74. The van der Waals surface area contributed by atoms with Gasteiger partial charge in [0.1, 0.15) is 28.7 Å². The van der Waals surface area contributed by atoms with Crippen LogP contribution in [0.3, 0.4) is 0 Å². The highest BCUT2D eigenvalue weighted by atomic mass is 19.1. The van der Waals surface area contributed by atoms with Gasteiger partial charge in [-0.3, -0.25) is 10.1 Å². The molecule has 1 atom stereocenters. The summed E-state index contributed by atoms with van der Waals surface area (Å²) < 4.78 is 33.0. The van der Waals surface area contributed by atoms with E-state index in [2.05, 4.69) is 5.32 Å². The molecule has 0 aliphatic rings. The molecule has 0 saturated heterocycles. The molecule has 2 N–H and O–H groups in total. The van der Waals surface area contributed by atoms with E-state index in [-0.39, 0.29) is 0 Å². The lowest BCUT2D eigenvalue weighted by atomic mass is 10.1. The van der Waals surface area contributed by atoms with E-state index in [1.165, 1.54) is 0 Å². The number of amides is 3. The van der Waals surface area contributed by atoms with Gasteiger partial charge in [0, 0.05) is 0 Å². The van der Waals surface area contributed by atoms with Crippen LogP contribution in [0.15, 0.2) is 72.8 Å². The molecular formula is C22H18F2N2O3. The Morgan fingerprint density at radius 1 is 0.828 bits per heavy atom. The third-order valence-corrected chi connectivity index (χ3v) is 4.12. The van der Waals surface area contributed by atoms with Crippen LogP contribution in [-0.2, 0) is 0 Å². The van der Waals surface area contributed by atoms with Crippen LogP contribution in [0.1, 0.15) is 28.9 Å². The fourth-order valence-corrected chi connectivity index (χ4v) is 2.65. The lowest BCUT2D eigenvalue weighted by Crippen LogP contribution is -2.41. The van der Waals surface area contributed by atoms with Gasteiger partial charge >= 0.3 is 6.03 Å². The average molecular weight is 396 g/mol. The standard InChI is InChI=1S/C22H18F2N2O3/c1-14(15-10-12-17(13-11-15)29-16-6-3-2-4-7-16)25-22(28)26-21(27)20-18(23)8-5-9-19(20)24/h2-14H,1H3,(H2,25,26,27,28). The summed E-state index contributed by atoms with van der Waals surface area (Å²) in [4.78, 5) is 24.0. The van der Waals surface area contributed by atoms with Gasteiger partial charge in [0.15, 0.2) is 0 Å². The molecule has 0 radical (unpaired) electrons. The minimum absolute atomic E-state index is 0.459. The fourth-order valence-electron chi connectivity index (χ4n) is 2.65. The monoisotopic (exact) mass is 396 g/mol. The van der Waals surface area contributed by atoms with Crippen molar-refractivity contribution in [2.45, 2.75) is 13.0 Å². The van der Waals surface area contributed by atoms with Gasteiger partial charge in [-0.2, -0.15) is 0 Å². The number of para-hydroxylation sites is 1. The van der Waals surface area contributed by atoms with Crippen molar-refractivity contribution in [3.8, 4) is 11.5 Å². The lowest BCUT2D eigenvalue weighted by molar-refractivity contribution is 0.0955. The molecule has 5 nitrogen and oxygen atoms in total.